The van der Waals surface area contributed by atoms with Gasteiger partial charge in [-0.1, -0.05) is 24.3 Å². The lowest BCUT2D eigenvalue weighted by Crippen LogP contribution is -1.92. The topological polar surface area (TPSA) is 71.9 Å². The smallest absolute Gasteiger partial charge is 0.221 e. The molecular weight excluding hydrogens is 250 g/mol. The Balaban J connectivity index is 2.06. The molecule has 0 aliphatic carbocycles. The molecule has 0 bridgehead atoms. The van der Waals surface area contributed by atoms with Gasteiger partial charge in [0.05, 0.1) is 11.1 Å². The molecule has 3 rings (SSSR count). The van der Waals surface area contributed by atoms with Gasteiger partial charge in [0.15, 0.2) is 0 Å². The first kappa shape index (κ1) is 12.0. The number of hydrogen-bond acceptors (Lipinski definition) is 4. The molecule has 1 aromatic heterocycles. The largest absolute Gasteiger partial charge is 0.439 e. The molecule has 3 aromatic rings. The van der Waals surface area contributed by atoms with Gasteiger partial charge in [-0.25, -0.2) is 4.98 Å². The van der Waals surface area contributed by atoms with Gasteiger partial charge in [0.2, 0.25) is 5.88 Å². The molecule has 0 unspecified atom stereocenters. The molecule has 0 spiro atoms. The van der Waals surface area contributed by atoms with E-state index in [-0.39, 0.29) is 0 Å². The predicted molar refractivity (Wildman–Crippen MR) is 77.4 cm³/mol. The van der Waals surface area contributed by atoms with Gasteiger partial charge in [0.1, 0.15) is 11.8 Å². The Bertz CT molecular complexity index is 821. The summed E-state index contributed by atoms with van der Waals surface area (Å²) in [5.74, 6) is 0.975. The van der Waals surface area contributed by atoms with Crippen molar-refractivity contribution in [2.45, 2.75) is 0 Å². The van der Waals surface area contributed by atoms with Crippen LogP contribution in [0.2, 0.25) is 0 Å². The fourth-order valence-corrected chi connectivity index (χ4v) is 1.99. The summed E-state index contributed by atoms with van der Waals surface area (Å²) in [5, 5.41) is 10.0. The average molecular weight is 261 g/mol. The first-order valence-corrected chi connectivity index (χ1v) is 6.09. The summed E-state index contributed by atoms with van der Waals surface area (Å²) >= 11 is 0. The van der Waals surface area contributed by atoms with Crippen molar-refractivity contribution in [3.8, 4) is 17.7 Å². The van der Waals surface area contributed by atoms with Crippen molar-refractivity contribution in [1.29, 1.82) is 5.26 Å². The Hall–Kier alpha value is -3.06. The van der Waals surface area contributed by atoms with Gasteiger partial charge in [-0.2, -0.15) is 5.26 Å². The average Bonchev–Trinajstić information content (AvgIpc) is 2.46. The van der Waals surface area contributed by atoms with E-state index in [1.165, 1.54) is 0 Å². The Morgan fingerprint density at radius 1 is 1.05 bits per heavy atom. The van der Waals surface area contributed by atoms with E-state index in [0.29, 0.717) is 22.9 Å². The van der Waals surface area contributed by atoms with E-state index >= 15 is 0 Å². The van der Waals surface area contributed by atoms with Crippen LogP contribution in [0.5, 0.6) is 11.6 Å². The zero-order valence-electron chi connectivity index (χ0n) is 10.6. The Morgan fingerprint density at radius 3 is 2.70 bits per heavy atom. The highest BCUT2D eigenvalue weighted by molar-refractivity contribution is 5.85. The number of nitrogens with two attached hydrogens (primary N) is 1. The monoisotopic (exact) mass is 261 g/mol. The van der Waals surface area contributed by atoms with Crippen LogP contribution in [-0.4, -0.2) is 4.98 Å². The third-order valence-electron chi connectivity index (χ3n) is 2.89. The normalized spacial score (nSPS) is 10.2. The Kier molecular flexibility index (Phi) is 2.94. The van der Waals surface area contributed by atoms with Gasteiger partial charge in [0, 0.05) is 23.2 Å². The number of nitrogens with zero attached hydrogens (tertiary/aromatic N) is 2. The molecular formula is C16H11N3O. The second-order valence-corrected chi connectivity index (χ2v) is 4.31. The number of anilines is 1. The third-order valence-corrected chi connectivity index (χ3v) is 2.89. The van der Waals surface area contributed by atoms with Crippen LogP contribution in [0, 0.1) is 11.3 Å². The van der Waals surface area contributed by atoms with Crippen LogP contribution in [-0.2, 0) is 0 Å². The van der Waals surface area contributed by atoms with Crippen LogP contribution in [0.1, 0.15) is 5.56 Å². The molecule has 2 aromatic carbocycles. The van der Waals surface area contributed by atoms with E-state index in [1.54, 1.807) is 30.3 Å². The predicted octanol–water partition coefficient (Wildman–Crippen LogP) is 3.48. The molecule has 1 heterocycles. The molecule has 0 fully saturated rings. The van der Waals surface area contributed by atoms with Crippen LogP contribution >= 0.6 is 0 Å². The number of hydrogen-bond donors (Lipinski definition) is 1. The Morgan fingerprint density at radius 2 is 1.90 bits per heavy atom. The summed E-state index contributed by atoms with van der Waals surface area (Å²) in [6.07, 6.45) is 0. The van der Waals surface area contributed by atoms with Crippen LogP contribution in [0.15, 0.2) is 54.6 Å². The number of ether oxygens (including phenoxy) is 1. The van der Waals surface area contributed by atoms with E-state index in [9.17, 15) is 5.26 Å². The maximum Gasteiger partial charge on any atom is 0.221 e. The summed E-state index contributed by atoms with van der Waals surface area (Å²) < 4.78 is 5.67. The molecule has 20 heavy (non-hydrogen) atoms. The number of para-hydroxylation sites is 1. The van der Waals surface area contributed by atoms with Crippen molar-refractivity contribution in [1.82, 2.24) is 4.98 Å². The van der Waals surface area contributed by atoms with Crippen molar-refractivity contribution in [2.24, 2.45) is 0 Å². The number of nitrogen functional groups attached to an aromatic ring is 1. The van der Waals surface area contributed by atoms with Crippen LogP contribution in [0.25, 0.3) is 10.9 Å². The number of benzene rings is 2. The van der Waals surface area contributed by atoms with E-state index < -0.39 is 0 Å². The van der Waals surface area contributed by atoms with Gasteiger partial charge in [0.25, 0.3) is 0 Å². The highest BCUT2D eigenvalue weighted by atomic mass is 16.5. The number of pyridine rings is 1. The van der Waals surface area contributed by atoms with Gasteiger partial charge in [-0.05, 0) is 18.2 Å². The van der Waals surface area contributed by atoms with E-state index in [4.69, 9.17) is 10.5 Å². The van der Waals surface area contributed by atoms with E-state index in [0.717, 1.165) is 10.9 Å². The highest BCUT2D eigenvalue weighted by Crippen LogP contribution is 2.26. The lowest BCUT2D eigenvalue weighted by Gasteiger charge is -2.07. The van der Waals surface area contributed by atoms with Crippen LogP contribution < -0.4 is 10.5 Å². The number of nitriles is 1. The van der Waals surface area contributed by atoms with Crippen LogP contribution in [0.3, 0.4) is 0 Å². The van der Waals surface area contributed by atoms with Crippen molar-refractivity contribution in [3.05, 3.63) is 60.2 Å². The number of aromatic nitrogens is 1. The minimum Gasteiger partial charge on any atom is -0.439 e. The number of rotatable bonds is 2. The maximum absolute atomic E-state index is 9.22. The minimum absolute atomic E-state index is 0.380. The summed E-state index contributed by atoms with van der Waals surface area (Å²) in [4.78, 5) is 4.39. The fourth-order valence-electron chi connectivity index (χ4n) is 1.99. The quantitative estimate of drug-likeness (QED) is 0.717. The number of fused-ring (bicyclic) bond motifs is 1. The first-order chi connectivity index (χ1) is 9.76. The molecule has 96 valence electrons. The summed E-state index contributed by atoms with van der Waals surface area (Å²) in [6.45, 7) is 0. The lowest BCUT2D eigenvalue weighted by molar-refractivity contribution is 0.465. The molecule has 0 amide bonds. The molecule has 0 aliphatic rings. The van der Waals surface area contributed by atoms with Gasteiger partial charge in [-0.15, -0.1) is 0 Å². The van der Waals surface area contributed by atoms with Crippen molar-refractivity contribution >= 4 is 16.6 Å². The molecule has 0 saturated carbocycles. The molecule has 0 aliphatic heterocycles. The summed E-state index contributed by atoms with van der Waals surface area (Å²) in [5.41, 5.74) is 7.58. The molecule has 4 heteroatoms. The molecule has 2 N–H and O–H groups in total. The van der Waals surface area contributed by atoms with Gasteiger partial charge >= 0.3 is 0 Å². The maximum atomic E-state index is 9.22. The standard InChI is InChI=1S/C16H11N3O/c17-10-11-8-16(19-15-7-2-1-6-14(11)15)20-13-5-3-4-12(18)9-13/h1-9H,18H2. The fraction of sp³-hybridized carbons (Fsp3) is 0. The van der Waals surface area contributed by atoms with E-state index in [2.05, 4.69) is 11.1 Å². The third kappa shape index (κ3) is 2.25. The van der Waals surface area contributed by atoms with Crippen LogP contribution in [0.4, 0.5) is 5.69 Å². The summed E-state index contributed by atoms with van der Waals surface area (Å²) in [7, 11) is 0. The van der Waals surface area contributed by atoms with Crippen molar-refractivity contribution < 1.29 is 4.74 Å². The second kappa shape index (κ2) is 4.90. The zero-order valence-corrected chi connectivity index (χ0v) is 10.6. The van der Waals surface area contributed by atoms with Crippen molar-refractivity contribution in [3.63, 3.8) is 0 Å². The SMILES string of the molecule is N#Cc1cc(Oc2cccc(N)c2)nc2ccccc12. The first-order valence-electron chi connectivity index (χ1n) is 6.09. The minimum atomic E-state index is 0.380. The van der Waals surface area contributed by atoms with Crippen molar-refractivity contribution in [2.75, 3.05) is 5.73 Å². The van der Waals surface area contributed by atoms with E-state index in [1.807, 2.05) is 24.3 Å². The molecule has 4 nitrogen and oxygen atoms in total. The van der Waals surface area contributed by atoms with Gasteiger partial charge in [-0.3, -0.25) is 0 Å². The van der Waals surface area contributed by atoms with Gasteiger partial charge < -0.3 is 10.5 Å². The summed E-state index contributed by atoms with van der Waals surface area (Å²) in [6, 6.07) is 18.3. The molecule has 0 radical (unpaired) electrons. The lowest BCUT2D eigenvalue weighted by atomic mass is 10.1. The second-order valence-electron chi connectivity index (χ2n) is 4.31. The molecule has 0 saturated heterocycles. The zero-order chi connectivity index (χ0) is 13.9. The highest BCUT2D eigenvalue weighted by Gasteiger charge is 2.07. The molecule has 0 atom stereocenters. The Labute approximate surface area is 116 Å².